The summed E-state index contributed by atoms with van der Waals surface area (Å²) in [5.74, 6) is -0.213. The van der Waals surface area contributed by atoms with E-state index in [2.05, 4.69) is 4.90 Å². The van der Waals surface area contributed by atoms with Gasteiger partial charge in [-0.05, 0) is 63.2 Å². The van der Waals surface area contributed by atoms with Gasteiger partial charge in [-0.15, -0.1) is 0 Å². The standard InChI is InChI=1S/C15H21FN2O/c16-13-5-3-12(4-6-13)15(19)2-1-9-18-10-7-14(17)8-11-18/h3-6,14H,1-2,7-11,17H2. The smallest absolute Gasteiger partial charge is 0.162 e. The van der Waals surface area contributed by atoms with Crippen LogP contribution in [0.5, 0.6) is 0 Å². The minimum atomic E-state index is -0.304. The second-order valence-electron chi connectivity index (χ2n) is 5.21. The lowest BCUT2D eigenvalue weighted by Crippen LogP contribution is -2.40. The lowest BCUT2D eigenvalue weighted by molar-refractivity contribution is 0.0972. The van der Waals surface area contributed by atoms with Crippen LogP contribution in [-0.4, -0.2) is 36.4 Å². The second kappa shape index (κ2) is 6.78. The van der Waals surface area contributed by atoms with Crippen LogP contribution in [-0.2, 0) is 0 Å². The van der Waals surface area contributed by atoms with Crippen LogP contribution in [0.1, 0.15) is 36.0 Å². The molecule has 0 unspecified atom stereocenters. The first-order chi connectivity index (χ1) is 9.15. The number of hydrogen-bond donors (Lipinski definition) is 1. The Kier molecular flexibility index (Phi) is 5.05. The van der Waals surface area contributed by atoms with E-state index in [1.165, 1.54) is 12.1 Å². The number of likely N-dealkylation sites (tertiary alicyclic amines) is 1. The normalized spacial score (nSPS) is 17.6. The number of piperidine rings is 1. The number of hydrogen-bond acceptors (Lipinski definition) is 3. The predicted molar refractivity (Wildman–Crippen MR) is 73.6 cm³/mol. The average Bonchev–Trinajstić information content (AvgIpc) is 2.41. The van der Waals surface area contributed by atoms with Crippen molar-refractivity contribution in [2.45, 2.75) is 31.7 Å². The molecule has 0 radical (unpaired) electrons. The van der Waals surface area contributed by atoms with E-state index in [0.29, 0.717) is 18.0 Å². The van der Waals surface area contributed by atoms with Crippen LogP contribution in [0.2, 0.25) is 0 Å². The van der Waals surface area contributed by atoms with E-state index in [1.807, 2.05) is 0 Å². The maximum absolute atomic E-state index is 12.7. The molecule has 0 amide bonds. The summed E-state index contributed by atoms with van der Waals surface area (Å²) in [4.78, 5) is 14.3. The highest BCUT2D eigenvalue weighted by molar-refractivity contribution is 5.95. The van der Waals surface area contributed by atoms with Gasteiger partial charge in [-0.25, -0.2) is 4.39 Å². The van der Waals surface area contributed by atoms with E-state index in [0.717, 1.165) is 38.9 Å². The molecule has 3 nitrogen and oxygen atoms in total. The van der Waals surface area contributed by atoms with E-state index in [-0.39, 0.29) is 11.6 Å². The van der Waals surface area contributed by atoms with Crippen molar-refractivity contribution < 1.29 is 9.18 Å². The summed E-state index contributed by atoms with van der Waals surface area (Å²) in [7, 11) is 0. The molecule has 0 spiro atoms. The van der Waals surface area contributed by atoms with Crippen LogP contribution < -0.4 is 5.73 Å². The Labute approximate surface area is 113 Å². The zero-order chi connectivity index (χ0) is 13.7. The number of carbonyl (C=O) groups is 1. The van der Waals surface area contributed by atoms with Crippen molar-refractivity contribution in [3.63, 3.8) is 0 Å². The number of nitrogens with two attached hydrogens (primary N) is 1. The Morgan fingerprint density at radius 3 is 2.53 bits per heavy atom. The van der Waals surface area contributed by atoms with Crippen molar-refractivity contribution >= 4 is 5.78 Å². The molecule has 0 saturated carbocycles. The van der Waals surface area contributed by atoms with Crippen LogP contribution in [0, 0.1) is 5.82 Å². The van der Waals surface area contributed by atoms with Gasteiger partial charge in [0.15, 0.2) is 5.78 Å². The highest BCUT2D eigenvalue weighted by Gasteiger charge is 2.15. The van der Waals surface area contributed by atoms with Crippen molar-refractivity contribution in [2.24, 2.45) is 5.73 Å². The van der Waals surface area contributed by atoms with E-state index in [1.54, 1.807) is 12.1 Å². The minimum absolute atomic E-state index is 0.0914. The lowest BCUT2D eigenvalue weighted by Gasteiger charge is -2.29. The third-order valence-corrected chi connectivity index (χ3v) is 3.68. The Morgan fingerprint density at radius 2 is 1.89 bits per heavy atom. The number of benzene rings is 1. The first-order valence-electron chi connectivity index (χ1n) is 6.92. The molecule has 1 fully saturated rings. The number of carbonyl (C=O) groups excluding carboxylic acids is 1. The van der Waals surface area contributed by atoms with Crippen LogP contribution in [0.3, 0.4) is 0 Å². The van der Waals surface area contributed by atoms with Crippen molar-refractivity contribution in [2.75, 3.05) is 19.6 Å². The fraction of sp³-hybridized carbons (Fsp3) is 0.533. The Morgan fingerprint density at radius 1 is 1.26 bits per heavy atom. The van der Waals surface area contributed by atoms with Crippen molar-refractivity contribution in [3.8, 4) is 0 Å². The van der Waals surface area contributed by atoms with Gasteiger partial charge in [0.25, 0.3) is 0 Å². The average molecular weight is 264 g/mol. The fourth-order valence-electron chi connectivity index (χ4n) is 2.42. The Hall–Kier alpha value is -1.26. The molecule has 0 atom stereocenters. The maximum atomic E-state index is 12.7. The number of ketones is 1. The molecule has 1 heterocycles. The summed E-state index contributed by atoms with van der Waals surface area (Å²) in [6.07, 6.45) is 3.47. The van der Waals surface area contributed by atoms with Gasteiger partial charge in [-0.1, -0.05) is 0 Å². The maximum Gasteiger partial charge on any atom is 0.162 e. The van der Waals surface area contributed by atoms with Crippen molar-refractivity contribution in [1.29, 1.82) is 0 Å². The summed E-state index contributed by atoms with van der Waals surface area (Å²) < 4.78 is 12.7. The van der Waals surface area contributed by atoms with E-state index < -0.39 is 0 Å². The van der Waals surface area contributed by atoms with Gasteiger partial charge in [0.2, 0.25) is 0 Å². The minimum Gasteiger partial charge on any atom is -0.328 e. The molecular formula is C15H21FN2O. The number of halogens is 1. The predicted octanol–water partition coefficient (Wildman–Crippen LogP) is 2.21. The molecule has 0 bridgehead atoms. The summed E-state index contributed by atoms with van der Waals surface area (Å²) in [6.45, 7) is 3.01. The van der Waals surface area contributed by atoms with Gasteiger partial charge in [0, 0.05) is 18.0 Å². The summed E-state index contributed by atoms with van der Waals surface area (Å²) in [5, 5.41) is 0. The molecule has 4 heteroatoms. The van der Waals surface area contributed by atoms with E-state index in [4.69, 9.17) is 5.73 Å². The third-order valence-electron chi connectivity index (χ3n) is 3.68. The molecule has 1 aliphatic heterocycles. The van der Waals surface area contributed by atoms with Crippen LogP contribution >= 0.6 is 0 Å². The van der Waals surface area contributed by atoms with Crippen LogP contribution in [0.15, 0.2) is 24.3 Å². The molecule has 1 aliphatic rings. The molecule has 0 aromatic heterocycles. The van der Waals surface area contributed by atoms with Crippen LogP contribution in [0.4, 0.5) is 4.39 Å². The lowest BCUT2D eigenvalue weighted by atomic mass is 10.0. The van der Waals surface area contributed by atoms with E-state index >= 15 is 0 Å². The van der Waals surface area contributed by atoms with Gasteiger partial charge in [0.1, 0.15) is 5.82 Å². The Bertz CT molecular complexity index is 411. The van der Waals surface area contributed by atoms with Gasteiger partial charge >= 0.3 is 0 Å². The first kappa shape index (κ1) is 14.2. The Balaban J connectivity index is 1.70. The molecule has 2 rings (SSSR count). The summed E-state index contributed by atoms with van der Waals surface area (Å²) in [6, 6.07) is 6.12. The number of rotatable bonds is 5. The monoisotopic (exact) mass is 264 g/mol. The first-order valence-corrected chi connectivity index (χ1v) is 6.92. The van der Waals surface area contributed by atoms with Gasteiger partial charge < -0.3 is 10.6 Å². The van der Waals surface area contributed by atoms with Gasteiger partial charge in [0.05, 0.1) is 0 Å². The van der Waals surface area contributed by atoms with Crippen molar-refractivity contribution in [1.82, 2.24) is 4.90 Å². The molecule has 104 valence electrons. The van der Waals surface area contributed by atoms with Gasteiger partial charge in [-0.2, -0.15) is 0 Å². The molecule has 1 aromatic rings. The van der Waals surface area contributed by atoms with E-state index in [9.17, 15) is 9.18 Å². The molecule has 2 N–H and O–H groups in total. The summed E-state index contributed by atoms with van der Waals surface area (Å²) >= 11 is 0. The molecule has 19 heavy (non-hydrogen) atoms. The topological polar surface area (TPSA) is 46.3 Å². The highest BCUT2D eigenvalue weighted by atomic mass is 19.1. The van der Waals surface area contributed by atoms with Crippen molar-refractivity contribution in [3.05, 3.63) is 35.6 Å². The SMILES string of the molecule is NC1CCN(CCCC(=O)c2ccc(F)cc2)CC1. The molecular weight excluding hydrogens is 243 g/mol. The zero-order valence-electron chi connectivity index (χ0n) is 11.1. The quantitative estimate of drug-likeness (QED) is 0.829. The fourth-order valence-corrected chi connectivity index (χ4v) is 2.42. The number of Topliss-reactive ketones (excluding diaryl/α,β-unsaturated/α-hetero) is 1. The largest absolute Gasteiger partial charge is 0.328 e. The molecule has 0 aliphatic carbocycles. The number of nitrogens with zero attached hydrogens (tertiary/aromatic N) is 1. The zero-order valence-corrected chi connectivity index (χ0v) is 11.1. The summed E-state index contributed by atoms with van der Waals surface area (Å²) in [5.41, 5.74) is 6.45. The van der Waals surface area contributed by atoms with Crippen LogP contribution in [0.25, 0.3) is 0 Å². The molecule has 1 aromatic carbocycles. The molecule has 1 saturated heterocycles. The second-order valence-corrected chi connectivity index (χ2v) is 5.21. The van der Waals surface area contributed by atoms with Gasteiger partial charge in [-0.3, -0.25) is 4.79 Å². The highest BCUT2D eigenvalue weighted by Crippen LogP contribution is 2.11. The third kappa shape index (κ3) is 4.40.